The van der Waals surface area contributed by atoms with Gasteiger partial charge in [-0.3, -0.25) is 4.79 Å². The van der Waals surface area contributed by atoms with Crippen molar-refractivity contribution in [2.24, 2.45) is 0 Å². The van der Waals surface area contributed by atoms with Crippen molar-refractivity contribution in [1.82, 2.24) is 9.97 Å². The summed E-state index contributed by atoms with van der Waals surface area (Å²) in [6, 6.07) is 1.36. The summed E-state index contributed by atoms with van der Waals surface area (Å²) in [6.45, 7) is -0.337. The highest BCUT2D eigenvalue weighted by molar-refractivity contribution is 5.73. The van der Waals surface area contributed by atoms with E-state index in [2.05, 4.69) is 9.97 Å². The summed E-state index contributed by atoms with van der Waals surface area (Å²) in [5, 5.41) is 8.62. The molecule has 0 aromatic carbocycles. The van der Waals surface area contributed by atoms with Crippen LogP contribution in [0.25, 0.3) is 0 Å². The molecule has 0 spiro atoms. The zero-order valence-electron chi connectivity index (χ0n) is 9.61. The number of aromatic nitrogens is 2. The third-order valence-corrected chi connectivity index (χ3v) is 2.09. The molecule has 100 valence electrons. The van der Waals surface area contributed by atoms with Crippen LogP contribution in [0, 0.1) is 0 Å². The number of aliphatic carboxylic acids is 1. The van der Waals surface area contributed by atoms with Gasteiger partial charge in [0.05, 0.1) is 0 Å². The first-order chi connectivity index (χ1) is 8.31. The molecule has 1 aromatic heterocycles. The Kier molecular flexibility index (Phi) is 4.46. The maximum atomic E-state index is 12.3. The summed E-state index contributed by atoms with van der Waals surface area (Å²) < 4.78 is 37.0. The molecule has 0 aliphatic heterocycles. The average Bonchev–Trinajstić information content (AvgIpc) is 2.26. The Hall–Kier alpha value is -1.86. The predicted molar refractivity (Wildman–Crippen MR) is 57.3 cm³/mol. The average molecular weight is 263 g/mol. The fourth-order valence-corrected chi connectivity index (χ4v) is 1.35. The van der Waals surface area contributed by atoms with Gasteiger partial charge in [-0.05, 0) is 6.42 Å². The van der Waals surface area contributed by atoms with E-state index >= 15 is 0 Å². The van der Waals surface area contributed by atoms with E-state index in [-0.39, 0.29) is 5.82 Å². The minimum atomic E-state index is -4.49. The van der Waals surface area contributed by atoms with Crippen molar-refractivity contribution >= 4 is 11.8 Å². The number of nitrogens with zero attached hydrogens (tertiary/aromatic N) is 3. The van der Waals surface area contributed by atoms with Gasteiger partial charge in [0, 0.05) is 11.8 Å². The molecule has 0 fully saturated rings. The van der Waals surface area contributed by atoms with Gasteiger partial charge < -0.3 is 10.0 Å². The van der Waals surface area contributed by atoms with Gasteiger partial charge in [-0.15, -0.1) is 0 Å². The summed E-state index contributed by atoms with van der Waals surface area (Å²) in [5.74, 6) is -1.39. The molecular formula is C10H12F3N3O2. The van der Waals surface area contributed by atoms with Gasteiger partial charge >= 0.3 is 12.1 Å². The fourth-order valence-electron chi connectivity index (χ4n) is 1.35. The number of alkyl halides is 3. The maximum Gasteiger partial charge on any atom is 0.405 e. The standard InChI is InChI=1S/C10H12F3N3O2/c1-2-7-3-8(15-6-14-7)16(4-9(17)18)5-10(11,12)13/h3,6H,2,4-5H2,1H3,(H,17,18). The number of carboxylic acid groups (broad SMARTS) is 1. The van der Waals surface area contributed by atoms with E-state index in [0.29, 0.717) is 17.0 Å². The minimum absolute atomic E-state index is 0.0402. The van der Waals surface area contributed by atoms with Gasteiger partial charge in [-0.1, -0.05) is 6.92 Å². The lowest BCUT2D eigenvalue weighted by Gasteiger charge is -2.23. The van der Waals surface area contributed by atoms with Gasteiger partial charge in [0.2, 0.25) is 0 Å². The third kappa shape index (κ3) is 4.56. The topological polar surface area (TPSA) is 66.3 Å². The monoisotopic (exact) mass is 263 g/mol. The smallest absolute Gasteiger partial charge is 0.405 e. The molecule has 0 atom stereocenters. The van der Waals surface area contributed by atoms with Crippen LogP contribution in [-0.4, -0.2) is 40.3 Å². The van der Waals surface area contributed by atoms with Crippen LogP contribution in [0.4, 0.5) is 19.0 Å². The highest BCUT2D eigenvalue weighted by atomic mass is 19.4. The van der Waals surface area contributed by atoms with Crippen LogP contribution >= 0.6 is 0 Å². The van der Waals surface area contributed by atoms with Crippen molar-refractivity contribution < 1.29 is 23.1 Å². The molecule has 1 heterocycles. The molecule has 1 N–H and O–H groups in total. The number of halogens is 3. The molecule has 5 nitrogen and oxygen atoms in total. The van der Waals surface area contributed by atoms with E-state index in [0.717, 1.165) is 6.33 Å². The van der Waals surface area contributed by atoms with Crippen LogP contribution in [0.5, 0.6) is 0 Å². The zero-order chi connectivity index (χ0) is 13.8. The van der Waals surface area contributed by atoms with Crippen LogP contribution in [-0.2, 0) is 11.2 Å². The van der Waals surface area contributed by atoms with Crippen molar-refractivity contribution in [2.75, 3.05) is 18.0 Å². The lowest BCUT2D eigenvalue weighted by atomic mass is 10.3. The predicted octanol–water partition coefficient (Wildman–Crippen LogP) is 1.49. The van der Waals surface area contributed by atoms with Gasteiger partial charge in [0.15, 0.2) is 0 Å². The molecule has 0 amide bonds. The van der Waals surface area contributed by atoms with Crippen LogP contribution in [0.3, 0.4) is 0 Å². The number of aryl methyl sites for hydroxylation is 1. The Bertz CT molecular complexity index is 423. The number of anilines is 1. The number of hydrogen-bond acceptors (Lipinski definition) is 4. The Labute approximate surface area is 101 Å². The molecule has 1 aromatic rings. The van der Waals surface area contributed by atoms with Crippen LogP contribution in [0.15, 0.2) is 12.4 Å². The summed E-state index contributed by atoms with van der Waals surface area (Å²) in [7, 11) is 0. The normalized spacial score (nSPS) is 11.3. The lowest BCUT2D eigenvalue weighted by molar-refractivity contribution is -0.136. The summed E-state index contributed by atoms with van der Waals surface area (Å²) in [6.07, 6.45) is -2.84. The van der Waals surface area contributed by atoms with Gasteiger partial charge in [-0.25, -0.2) is 9.97 Å². The number of hydrogen-bond donors (Lipinski definition) is 1. The molecule has 0 saturated heterocycles. The molecule has 0 unspecified atom stereocenters. The summed E-state index contributed by atoms with van der Waals surface area (Å²) in [5.41, 5.74) is 0.553. The lowest BCUT2D eigenvalue weighted by Crippen LogP contribution is -2.38. The molecule has 0 aliphatic rings. The molecule has 0 bridgehead atoms. The second-order valence-electron chi connectivity index (χ2n) is 3.59. The first-order valence-electron chi connectivity index (χ1n) is 5.16. The van der Waals surface area contributed by atoms with Crippen molar-refractivity contribution in [3.63, 3.8) is 0 Å². The summed E-state index contributed by atoms with van der Waals surface area (Å²) in [4.78, 5) is 18.8. The Morgan fingerprint density at radius 3 is 2.61 bits per heavy atom. The van der Waals surface area contributed by atoms with E-state index in [1.807, 2.05) is 0 Å². The third-order valence-electron chi connectivity index (χ3n) is 2.09. The second-order valence-corrected chi connectivity index (χ2v) is 3.59. The zero-order valence-corrected chi connectivity index (χ0v) is 9.61. The summed E-state index contributed by atoms with van der Waals surface area (Å²) >= 11 is 0. The van der Waals surface area contributed by atoms with Crippen LogP contribution in [0.2, 0.25) is 0 Å². The maximum absolute atomic E-state index is 12.3. The Balaban J connectivity index is 2.96. The molecular weight excluding hydrogens is 251 g/mol. The molecule has 18 heavy (non-hydrogen) atoms. The molecule has 8 heteroatoms. The van der Waals surface area contributed by atoms with E-state index < -0.39 is 25.2 Å². The number of rotatable bonds is 5. The minimum Gasteiger partial charge on any atom is -0.480 e. The Morgan fingerprint density at radius 2 is 2.11 bits per heavy atom. The van der Waals surface area contributed by atoms with Crippen molar-refractivity contribution in [1.29, 1.82) is 0 Å². The quantitative estimate of drug-likeness (QED) is 0.871. The second kappa shape index (κ2) is 5.65. The van der Waals surface area contributed by atoms with E-state index in [1.54, 1.807) is 6.92 Å². The largest absolute Gasteiger partial charge is 0.480 e. The van der Waals surface area contributed by atoms with Gasteiger partial charge in [-0.2, -0.15) is 13.2 Å². The fraction of sp³-hybridized carbons (Fsp3) is 0.500. The first-order valence-corrected chi connectivity index (χ1v) is 5.16. The first kappa shape index (κ1) is 14.2. The van der Waals surface area contributed by atoms with Crippen LogP contribution in [0.1, 0.15) is 12.6 Å². The molecule has 0 radical (unpaired) electrons. The SMILES string of the molecule is CCc1cc(N(CC(=O)O)CC(F)(F)F)ncn1. The van der Waals surface area contributed by atoms with E-state index in [1.165, 1.54) is 6.07 Å². The van der Waals surface area contributed by atoms with E-state index in [4.69, 9.17) is 5.11 Å². The highest BCUT2D eigenvalue weighted by Crippen LogP contribution is 2.20. The van der Waals surface area contributed by atoms with E-state index in [9.17, 15) is 18.0 Å². The number of carboxylic acids is 1. The Morgan fingerprint density at radius 1 is 1.44 bits per heavy atom. The number of carbonyl (C=O) groups is 1. The molecule has 0 aliphatic carbocycles. The van der Waals surface area contributed by atoms with Gasteiger partial charge in [0.25, 0.3) is 0 Å². The van der Waals surface area contributed by atoms with Crippen molar-refractivity contribution in [3.05, 3.63) is 18.1 Å². The molecule has 0 saturated carbocycles. The van der Waals surface area contributed by atoms with Crippen molar-refractivity contribution in [2.45, 2.75) is 19.5 Å². The molecule has 1 rings (SSSR count). The van der Waals surface area contributed by atoms with Gasteiger partial charge in [0.1, 0.15) is 25.2 Å². The van der Waals surface area contributed by atoms with Crippen LogP contribution < -0.4 is 4.90 Å². The highest BCUT2D eigenvalue weighted by Gasteiger charge is 2.32. The van der Waals surface area contributed by atoms with Crippen molar-refractivity contribution in [3.8, 4) is 0 Å².